The molecular weight excluding hydrogens is 264 g/mol. The lowest BCUT2D eigenvalue weighted by Gasteiger charge is -2.33. The molecule has 5 nitrogen and oxygen atoms in total. The number of amides is 1. The average molecular weight is 282 g/mol. The summed E-state index contributed by atoms with van der Waals surface area (Å²) in [6, 6.07) is 0. The maximum Gasteiger partial charge on any atom is 0.329 e. The Morgan fingerprint density at radius 3 is 2.58 bits per heavy atom. The number of carboxylic acid groups (broad SMARTS) is 1. The van der Waals surface area contributed by atoms with Gasteiger partial charge in [0.05, 0.1) is 10.7 Å². The van der Waals surface area contributed by atoms with Gasteiger partial charge in [-0.2, -0.15) is 0 Å². The Morgan fingerprint density at radius 2 is 2.16 bits per heavy atom. The highest BCUT2D eigenvalue weighted by atomic mass is 32.1. The number of carboxylic acids is 1. The summed E-state index contributed by atoms with van der Waals surface area (Å²) in [7, 11) is 0. The summed E-state index contributed by atoms with van der Waals surface area (Å²) < 4.78 is 0. The van der Waals surface area contributed by atoms with E-state index >= 15 is 0 Å². The Bertz CT molecular complexity index is 506. The van der Waals surface area contributed by atoms with Crippen LogP contribution in [-0.2, 0) is 9.59 Å². The van der Waals surface area contributed by atoms with E-state index in [2.05, 4.69) is 4.98 Å². The zero-order chi connectivity index (χ0) is 14.6. The summed E-state index contributed by atoms with van der Waals surface area (Å²) in [5.74, 6) is -1.36. The van der Waals surface area contributed by atoms with Gasteiger partial charge in [-0.25, -0.2) is 9.78 Å². The van der Waals surface area contributed by atoms with Crippen LogP contribution in [0.4, 0.5) is 0 Å². The molecule has 0 aliphatic rings. The molecule has 1 rings (SSSR count). The van der Waals surface area contributed by atoms with Gasteiger partial charge >= 0.3 is 5.97 Å². The van der Waals surface area contributed by atoms with Gasteiger partial charge in [0.25, 0.3) is 0 Å². The summed E-state index contributed by atoms with van der Waals surface area (Å²) in [6.45, 7) is 6.99. The normalized spacial score (nSPS) is 11.8. The smallest absolute Gasteiger partial charge is 0.329 e. The Balaban J connectivity index is 2.86. The fourth-order valence-corrected chi connectivity index (χ4v) is 2.23. The minimum atomic E-state index is -1.23. The van der Waals surface area contributed by atoms with Crippen LogP contribution in [0.15, 0.2) is 11.5 Å². The molecule has 0 radical (unpaired) electrons. The molecule has 0 unspecified atom stereocenters. The van der Waals surface area contributed by atoms with Gasteiger partial charge in [0, 0.05) is 18.0 Å². The highest BCUT2D eigenvalue weighted by molar-refractivity contribution is 7.09. The average Bonchev–Trinajstić information content (AvgIpc) is 2.73. The number of carbonyl (C=O) groups is 2. The molecule has 1 N–H and O–H groups in total. The molecule has 1 aromatic heterocycles. The molecular formula is C13H18N2O3S. The molecule has 0 aromatic carbocycles. The number of aryl methyl sites for hydroxylation is 1. The standard InChI is InChI=1S/C13H18N2O3S/c1-5-15(13(3,4)12(17)18)11(16)7-6-10-8-19-9(2)14-10/h6-8H,5H2,1-4H3,(H,17,18). The Labute approximate surface area is 116 Å². The van der Waals surface area contributed by atoms with Crippen molar-refractivity contribution in [1.82, 2.24) is 9.88 Å². The summed E-state index contributed by atoms with van der Waals surface area (Å²) in [5.41, 5.74) is -0.520. The van der Waals surface area contributed by atoms with E-state index in [4.69, 9.17) is 5.11 Å². The van der Waals surface area contributed by atoms with Crippen LogP contribution in [-0.4, -0.2) is 39.0 Å². The number of nitrogens with zero attached hydrogens (tertiary/aromatic N) is 2. The van der Waals surface area contributed by atoms with Crippen LogP contribution < -0.4 is 0 Å². The fourth-order valence-electron chi connectivity index (χ4n) is 1.65. The first-order chi connectivity index (χ1) is 8.78. The predicted octanol–water partition coefficient (Wildman–Crippen LogP) is 2.18. The van der Waals surface area contributed by atoms with Gasteiger partial charge in [0.15, 0.2) is 0 Å². The second-order valence-corrected chi connectivity index (χ2v) is 5.63. The summed E-state index contributed by atoms with van der Waals surface area (Å²) in [4.78, 5) is 28.8. The molecule has 0 spiro atoms. The maximum absolute atomic E-state index is 12.1. The van der Waals surface area contributed by atoms with Gasteiger partial charge in [0.1, 0.15) is 5.54 Å². The lowest BCUT2D eigenvalue weighted by atomic mass is 10.0. The van der Waals surface area contributed by atoms with Crippen LogP contribution >= 0.6 is 11.3 Å². The molecule has 104 valence electrons. The second kappa shape index (κ2) is 5.97. The van der Waals surface area contributed by atoms with Crippen molar-refractivity contribution in [3.05, 3.63) is 22.2 Å². The first-order valence-corrected chi connectivity index (χ1v) is 6.82. The lowest BCUT2D eigenvalue weighted by molar-refractivity contribution is -0.154. The number of rotatable bonds is 5. The van der Waals surface area contributed by atoms with Crippen molar-refractivity contribution in [3.63, 3.8) is 0 Å². The van der Waals surface area contributed by atoms with Crippen LogP contribution in [0.1, 0.15) is 31.5 Å². The molecule has 0 bridgehead atoms. The summed E-state index contributed by atoms with van der Waals surface area (Å²) in [6.07, 6.45) is 2.97. The molecule has 0 atom stereocenters. The van der Waals surface area contributed by atoms with Crippen molar-refractivity contribution < 1.29 is 14.7 Å². The summed E-state index contributed by atoms with van der Waals surface area (Å²) in [5, 5.41) is 11.9. The van der Waals surface area contributed by atoms with E-state index in [9.17, 15) is 9.59 Å². The van der Waals surface area contributed by atoms with Gasteiger partial charge in [-0.1, -0.05) is 0 Å². The minimum Gasteiger partial charge on any atom is -0.480 e. The van der Waals surface area contributed by atoms with Gasteiger partial charge < -0.3 is 10.0 Å². The number of aliphatic carboxylic acids is 1. The molecule has 0 saturated heterocycles. The maximum atomic E-state index is 12.1. The highest BCUT2D eigenvalue weighted by Gasteiger charge is 2.35. The Kier molecular flexibility index (Phi) is 4.83. The molecule has 1 heterocycles. The quantitative estimate of drug-likeness (QED) is 0.840. The zero-order valence-electron chi connectivity index (χ0n) is 11.5. The van der Waals surface area contributed by atoms with Crippen LogP contribution in [0.3, 0.4) is 0 Å². The first-order valence-electron chi connectivity index (χ1n) is 5.94. The lowest BCUT2D eigenvalue weighted by Crippen LogP contribution is -2.52. The molecule has 0 fully saturated rings. The minimum absolute atomic E-state index is 0.332. The number of aromatic nitrogens is 1. The van der Waals surface area contributed by atoms with Gasteiger partial charge in [-0.05, 0) is 33.8 Å². The van der Waals surface area contributed by atoms with Gasteiger partial charge in [0.2, 0.25) is 5.91 Å². The Hall–Kier alpha value is -1.69. The second-order valence-electron chi connectivity index (χ2n) is 4.57. The van der Waals surface area contributed by atoms with Crippen LogP contribution in [0.5, 0.6) is 0 Å². The monoisotopic (exact) mass is 282 g/mol. The van der Waals surface area contributed by atoms with E-state index in [0.29, 0.717) is 12.2 Å². The zero-order valence-corrected chi connectivity index (χ0v) is 12.3. The van der Waals surface area contributed by atoms with Gasteiger partial charge in [-0.3, -0.25) is 4.79 Å². The predicted molar refractivity (Wildman–Crippen MR) is 75.0 cm³/mol. The van der Waals surface area contributed by atoms with E-state index in [-0.39, 0.29) is 5.91 Å². The molecule has 6 heteroatoms. The summed E-state index contributed by atoms with van der Waals surface area (Å²) >= 11 is 1.50. The van der Waals surface area contributed by atoms with E-state index in [1.165, 1.54) is 36.2 Å². The number of hydrogen-bond donors (Lipinski definition) is 1. The molecule has 0 aliphatic carbocycles. The highest BCUT2D eigenvalue weighted by Crippen LogP contribution is 2.16. The third-order valence-electron chi connectivity index (χ3n) is 2.81. The van der Waals surface area contributed by atoms with E-state index < -0.39 is 11.5 Å². The number of carbonyl (C=O) groups excluding carboxylic acids is 1. The van der Waals surface area contributed by atoms with Crippen molar-refractivity contribution in [2.75, 3.05) is 6.54 Å². The van der Waals surface area contributed by atoms with Crippen molar-refractivity contribution in [2.45, 2.75) is 33.2 Å². The van der Waals surface area contributed by atoms with E-state index in [1.807, 2.05) is 12.3 Å². The molecule has 19 heavy (non-hydrogen) atoms. The number of thiazole rings is 1. The molecule has 1 aromatic rings. The first kappa shape index (κ1) is 15.4. The molecule has 0 aliphatic heterocycles. The van der Waals surface area contributed by atoms with Crippen LogP contribution in [0.25, 0.3) is 6.08 Å². The van der Waals surface area contributed by atoms with Crippen LogP contribution in [0.2, 0.25) is 0 Å². The third-order valence-corrected chi connectivity index (χ3v) is 3.61. The Morgan fingerprint density at radius 1 is 1.53 bits per heavy atom. The van der Waals surface area contributed by atoms with Crippen molar-refractivity contribution in [2.24, 2.45) is 0 Å². The number of hydrogen-bond acceptors (Lipinski definition) is 4. The molecule has 0 saturated carbocycles. The van der Waals surface area contributed by atoms with E-state index in [0.717, 1.165) is 5.01 Å². The largest absolute Gasteiger partial charge is 0.480 e. The topological polar surface area (TPSA) is 70.5 Å². The van der Waals surface area contributed by atoms with Crippen molar-refractivity contribution in [1.29, 1.82) is 0 Å². The third kappa shape index (κ3) is 3.64. The van der Waals surface area contributed by atoms with Gasteiger partial charge in [-0.15, -0.1) is 11.3 Å². The SMILES string of the molecule is CCN(C(=O)C=Cc1csc(C)n1)C(C)(C)C(=O)O. The van der Waals surface area contributed by atoms with E-state index in [1.54, 1.807) is 13.0 Å². The van der Waals surface area contributed by atoms with Crippen molar-refractivity contribution in [3.8, 4) is 0 Å². The fraction of sp³-hybridized carbons (Fsp3) is 0.462. The van der Waals surface area contributed by atoms with Crippen molar-refractivity contribution >= 4 is 29.3 Å². The number of likely N-dealkylation sites (N-methyl/N-ethyl adjacent to an activating group) is 1. The van der Waals surface area contributed by atoms with Crippen LogP contribution in [0, 0.1) is 6.92 Å². The molecule has 1 amide bonds.